The van der Waals surface area contributed by atoms with Gasteiger partial charge in [0.25, 0.3) is 5.91 Å². The fourth-order valence-electron chi connectivity index (χ4n) is 3.52. The van der Waals surface area contributed by atoms with Crippen LogP contribution in [0, 0.1) is 13.8 Å². The Kier molecular flexibility index (Phi) is 6.38. The Bertz CT molecular complexity index is 1010. The Morgan fingerprint density at radius 3 is 2.77 bits per heavy atom. The molecule has 6 nitrogen and oxygen atoms in total. The predicted molar refractivity (Wildman–Crippen MR) is 119 cm³/mol. The van der Waals surface area contributed by atoms with Gasteiger partial charge in [-0.25, -0.2) is 9.97 Å². The number of thioether (sulfide) groups is 1. The van der Waals surface area contributed by atoms with Crippen molar-refractivity contribution in [1.29, 1.82) is 0 Å². The van der Waals surface area contributed by atoms with Gasteiger partial charge in [0.15, 0.2) is 5.16 Å². The van der Waals surface area contributed by atoms with Crippen molar-refractivity contribution < 1.29 is 9.21 Å². The van der Waals surface area contributed by atoms with Crippen molar-refractivity contribution in [2.45, 2.75) is 44.1 Å². The maximum absolute atomic E-state index is 12.5. The van der Waals surface area contributed by atoms with Crippen LogP contribution < -0.4 is 10.2 Å². The van der Waals surface area contributed by atoms with Crippen LogP contribution in [0.25, 0.3) is 0 Å². The summed E-state index contributed by atoms with van der Waals surface area (Å²) in [6.07, 6.45) is 4.04. The highest BCUT2D eigenvalue weighted by atomic mass is 32.2. The lowest BCUT2D eigenvalue weighted by Gasteiger charge is -2.20. The number of carbonyl (C=O) groups excluding carboxylic acids is 1. The van der Waals surface area contributed by atoms with Crippen LogP contribution >= 0.6 is 11.8 Å². The van der Waals surface area contributed by atoms with Gasteiger partial charge < -0.3 is 14.6 Å². The summed E-state index contributed by atoms with van der Waals surface area (Å²) in [6.45, 7) is 6.65. The number of hydrogen-bond donors (Lipinski definition) is 1. The molecule has 30 heavy (non-hydrogen) atoms. The lowest BCUT2D eigenvalue weighted by atomic mass is 10.1. The zero-order valence-corrected chi connectivity index (χ0v) is 18.2. The lowest BCUT2D eigenvalue weighted by Crippen LogP contribution is -2.22. The fourth-order valence-corrected chi connectivity index (χ4v) is 4.35. The average Bonchev–Trinajstić information content (AvgIpc) is 3.47. The first kappa shape index (κ1) is 20.5. The van der Waals surface area contributed by atoms with Crippen LogP contribution in [0.5, 0.6) is 0 Å². The van der Waals surface area contributed by atoms with E-state index in [1.807, 2.05) is 43.3 Å². The quantitative estimate of drug-likeness (QED) is 0.446. The van der Waals surface area contributed by atoms with Crippen LogP contribution in [0.4, 0.5) is 5.82 Å². The molecule has 0 saturated carbocycles. The van der Waals surface area contributed by atoms with Gasteiger partial charge in [0.1, 0.15) is 11.6 Å². The number of rotatable bonds is 7. The predicted octanol–water partition coefficient (Wildman–Crippen LogP) is 4.51. The average molecular weight is 423 g/mol. The summed E-state index contributed by atoms with van der Waals surface area (Å²) in [5.74, 6) is 2.39. The number of benzene rings is 1. The molecular weight excluding hydrogens is 396 g/mol. The highest BCUT2D eigenvalue weighted by Crippen LogP contribution is 2.28. The summed E-state index contributed by atoms with van der Waals surface area (Å²) in [6, 6.07) is 11.3. The standard InChI is InChI=1S/C23H26N4O2S/c1-16-17(2)25-23(26-21(16)27-10-3-4-11-27)30-15-18-7-5-8-19(13-18)22(28)24-14-20-9-6-12-29-20/h5-9,12-13H,3-4,10-11,14-15H2,1-2H3,(H,24,28). The van der Waals surface area contributed by atoms with Gasteiger partial charge >= 0.3 is 0 Å². The first-order chi connectivity index (χ1) is 14.6. The van der Waals surface area contributed by atoms with Gasteiger partial charge in [0.2, 0.25) is 0 Å². The molecule has 0 bridgehead atoms. The van der Waals surface area contributed by atoms with E-state index in [1.165, 1.54) is 12.8 Å². The van der Waals surface area contributed by atoms with Gasteiger partial charge in [0, 0.05) is 35.7 Å². The third kappa shape index (κ3) is 4.84. The summed E-state index contributed by atoms with van der Waals surface area (Å²) < 4.78 is 5.26. The number of hydrogen-bond acceptors (Lipinski definition) is 6. The first-order valence-electron chi connectivity index (χ1n) is 10.2. The highest BCUT2D eigenvalue weighted by molar-refractivity contribution is 7.98. The van der Waals surface area contributed by atoms with Crippen molar-refractivity contribution in [2.75, 3.05) is 18.0 Å². The summed E-state index contributed by atoms with van der Waals surface area (Å²) in [7, 11) is 0. The molecule has 1 aliphatic heterocycles. The maximum Gasteiger partial charge on any atom is 0.251 e. The summed E-state index contributed by atoms with van der Waals surface area (Å²) >= 11 is 1.61. The molecule has 1 saturated heterocycles. The molecule has 3 aromatic rings. The van der Waals surface area contributed by atoms with Crippen LogP contribution in [-0.4, -0.2) is 29.0 Å². The van der Waals surface area contributed by atoms with Crippen molar-refractivity contribution in [3.8, 4) is 0 Å². The smallest absolute Gasteiger partial charge is 0.251 e. The zero-order valence-electron chi connectivity index (χ0n) is 17.4. The van der Waals surface area contributed by atoms with E-state index in [9.17, 15) is 4.79 Å². The van der Waals surface area contributed by atoms with Crippen LogP contribution in [0.1, 0.15) is 45.8 Å². The number of furan rings is 1. The molecular formula is C23H26N4O2S. The van der Waals surface area contributed by atoms with E-state index in [-0.39, 0.29) is 5.91 Å². The number of amides is 1. The molecule has 156 valence electrons. The SMILES string of the molecule is Cc1nc(SCc2cccc(C(=O)NCc3ccco3)c2)nc(N2CCCC2)c1C. The van der Waals surface area contributed by atoms with E-state index in [2.05, 4.69) is 22.1 Å². The van der Waals surface area contributed by atoms with Crippen molar-refractivity contribution in [2.24, 2.45) is 0 Å². The molecule has 0 radical (unpaired) electrons. The van der Waals surface area contributed by atoms with Crippen LogP contribution in [0.3, 0.4) is 0 Å². The highest BCUT2D eigenvalue weighted by Gasteiger charge is 2.18. The third-order valence-corrected chi connectivity index (χ3v) is 6.23. The monoisotopic (exact) mass is 422 g/mol. The Morgan fingerprint density at radius 2 is 2.00 bits per heavy atom. The minimum Gasteiger partial charge on any atom is -0.467 e. The maximum atomic E-state index is 12.5. The minimum absolute atomic E-state index is 0.114. The Balaban J connectivity index is 1.41. The van der Waals surface area contributed by atoms with Gasteiger partial charge in [-0.15, -0.1) is 0 Å². The van der Waals surface area contributed by atoms with Crippen molar-refractivity contribution in [1.82, 2.24) is 15.3 Å². The van der Waals surface area contributed by atoms with Crippen molar-refractivity contribution >= 4 is 23.5 Å². The van der Waals surface area contributed by atoms with E-state index in [0.717, 1.165) is 46.6 Å². The number of aryl methyl sites for hydroxylation is 1. The molecule has 0 spiro atoms. The number of anilines is 1. The van der Waals surface area contributed by atoms with Crippen LogP contribution in [0.2, 0.25) is 0 Å². The molecule has 0 atom stereocenters. The second-order valence-electron chi connectivity index (χ2n) is 7.49. The molecule has 1 aliphatic rings. The van der Waals surface area contributed by atoms with E-state index >= 15 is 0 Å². The Labute approximate surface area is 181 Å². The molecule has 3 heterocycles. The normalized spacial score (nSPS) is 13.6. The fraction of sp³-hybridized carbons (Fsp3) is 0.348. The topological polar surface area (TPSA) is 71.3 Å². The lowest BCUT2D eigenvalue weighted by molar-refractivity contribution is 0.0948. The molecule has 0 aliphatic carbocycles. The largest absolute Gasteiger partial charge is 0.467 e. The Hall–Kier alpha value is -2.80. The molecule has 4 rings (SSSR count). The van der Waals surface area contributed by atoms with E-state index in [0.29, 0.717) is 17.9 Å². The Morgan fingerprint density at radius 1 is 1.17 bits per heavy atom. The van der Waals surface area contributed by atoms with E-state index < -0.39 is 0 Å². The third-order valence-electron chi connectivity index (χ3n) is 5.31. The van der Waals surface area contributed by atoms with E-state index in [1.54, 1.807) is 18.0 Å². The summed E-state index contributed by atoms with van der Waals surface area (Å²) in [4.78, 5) is 24.3. The van der Waals surface area contributed by atoms with Gasteiger partial charge in [-0.3, -0.25) is 4.79 Å². The van der Waals surface area contributed by atoms with Crippen molar-refractivity contribution in [3.05, 3.63) is 70.8 Å². The summed E-state index contributed by atoms with van der Waals surface area (Å²) in [5.41, 5.74) is 3.89. The van der Waals surface area contributed by atoms with E-state index in [4.69, 9.17) is 9.40 Å². The van der Waals surface area contributed by atoms with Crippen LogP contribution in [-0.2, 0) is 12.3 Å². The first-order valence-corrected chi connectivity index (χ1v) is 11.2. The minimum atomic E-state index is -0.114. The second kappa shape index (κ2) is 9.34. The number of nitrogens with zero attached hydrogens (tertiary/aromatic N) is 3. The van der Waals surface area contributed by atoms with Gasteiger partial charge in [-0.05, 0) is 56.5 Å². The molecule has 1 fully saturated rings. The van der Waals surface area contributed by atoms with Crippen molar-refractivity contribution in [3.63, 3.8) is 0 Å². The number of aromatic nitrogens is 2. The molecule has 0 unspecified atom stereocenters. The number of nitrogens with one attached hydrogen (secondary N) is 1. The van der Waals surface area contributed by atoms with Gasteiger partial charge in [-0.2, -0.15) is 0 Å². The van der Waals surface area contributed by atoms with Gasteiger partial charge in [-0.1, -0.05) is 23.9 Å². The molecule has 7 heteroatoms. The summed E-state index contributed by atoms with van der Waals surface area (Å²) in [5, 5.41) is 3.67. The van der Waals surface area contributed by atoms with Gasteiger partial charge in [0.05, 0.1) is 12.8 Å². The molecule has 1 aromatic carbocycles. The molecule has 1 N–H and O–H groups in total. The number of carbonyl (C=O) groups is 1. The molecule has 2 aromatic heterocycles. The second-order valence-corrected chi connectivity index (χ2v) is 8.43. The van der Waals surface area contributed by atoms with Crippen LogP contribution in [0.15, 0.2) is 52.2 Å². The zero-order chi connectivity index (χ0) is 20.9. The molecule has 1 amide bonds.